The zero-order chi connectivity index (χ0) is 18.8. The van der Waals surface area contributed by atoms with Crippen molar-refractivity contribution < 1.29 is 19.1 Å². The standard InChI is InChI=1S/C21H21NO4/c1-2-3-4-5-14-25-20(23)17-8-10-18(11-9-17)21(24)26-19-12-6-16(15-22)7-13-19/h6-13H,2-5,14H2,1H3. The highest BCUT2D eigenvalue weighted by molar-refractivity contribution is 5.94. The summed E-state index contributed by atoms with van der Waals surface area (Å²) in [6.07, 6.45) is 4.17. The molecule has 0 aliphatic heterocycles. The first-order chi connectivity index (χ1) is 12.6. The third-order valence-corrected chi connectivity index (χ3v) is 3.78. The highest BCUT2D eigenvalue weighted by Crippen LogP contribution is 2.15. The van der Waals surface area contributed by atoms with Gasteiger partial charge in [-0.2, -0.15) is 5.26 Å². The normalized spacial score (nSPS) is 10.0. The molecule has 5 heteroatoms. The smallest absolute Gasteiger partial charge is 0.343 e. The fourth-order valence-electron chi connectivity index (χ4n) is 2.28. The third-order valence-electron chi connectivity index (χ3n) is 3.78. The van der Waals surface area contributed by atoms with E-state index in [0.29, 0.717) is 29.0 Å². The van der Waals surface area contributed by atoms with Gasteiger partial charge in [0.25, 0.3) is 0 Å². The van der Waals surface area contributed by atoms with Crippen molar-refractivity contribution in [2.75, 3.05) is 6.61 Å². The van der Waals surface area contributed by atoms with Crippen LogP contribution in [-0.2, 0) is 4.74 Å². The Kier molecular flexibility index (Phi) is 7.38. The Balaban J connectivity index is 1.88. The molecule has 0 fully saturated rings. The molecule has 2 aromatic rings. The number of nitrogens with zero attached hydrogens (tertiary/aromatic N) is 1. The minimum atomic E-state index is -0.533. The summed E-state index contributed by atoms with van der Waals surface area (Å²) in [5.74, 6) is -0.577. The largest absolute Gasteiger partial charge is 0.462 e. The molecule has 0 atom stereocenters. The van der Waals surface area contributed by atoms with Crippen LogP contribution in [0.25, 0.3) is 0 Å². The summed E-state index contributed by atoms with van der Waals surface area (Å²) in [6, 6.07) is 14.4. The quantitative estimate of drug-likeness (QED) is 0.397. The van der Waals surface area contributed by atoms with Crippen molar-refractivity contribution in [3.05, 3.63) is 65.2 Å². The van der Waals surface area contributed by atoms with E-state index in [0.717, 1.165) is 25.7 Å². The molecular weight excluding hydrogens is 330 g/mol. The number of carbonyl (C=O) groups excluding carboxylic acids is 2. The maximum Gasteiger partial charge on any atom is 0.343 e. The Labute approximate surface area is 153 Å². The zero-order valence-electron chi connectivity index (χ0n) is 14.7. The molecule has 2 rings (SSSR count). The molecule has 0 aliphatic rings. The topological polar surface area (TPSA) is 76.4 Å². The Morgan fingerprint density at radius 2 is 1.50 bits per heavy atom. The molecule has 0 radical (unpaired) electrons. The maximum atomic E-state index is 12.1. The summed E-state index contributed by atoms with van der Waals surface area (Å²) in [5, 5.41) is 8.76. The van der Waals surface area contributed by atoms with E-state index in [4.69, 9.17) is 14.7 Å². The summed E-state index contributed by atoms with van der Waals surface area (Å²) in [5.41, 5.74) is 1.21. The van der Waals surface area contributed by atoms with Gasteiger partial charge in [0.2, 0.25) is 0 Å². The van der Waals surface area contributed by atoms with Crippen LogP contribution in [-0.4, -0.2) is 18.5 Å². The SMILES string of the molecule is CCCCCCOC(=O)c1ccc(C(=O)Oc2ccc(C#N)cc2)cc1. The van der Waals surface area contributed by atoms with Gasteiger partial charge in [0.1, 0.15) is 5.75 Å². The van der Waals surface area contributed by atoms with Gasteiger partial charge in [-0.3, -0.25) is 0 Å². The second kappa shape index (κ2) is 10.00. The van der Waals surface area contributed by atoms with E-state index in [1.165, 1.54) is 12.1 Å². The predicted octanol–water partition coefficient (Wildman–Crippen LogP) is 4.51. The van der Waals surface area contributed by atoms with Gasteiger partial charge < -0.3 is 9.47 Å². The summed E-state index contributed by atoms with van der Waals surface area (Å²) in [7, 11) is 0. The van der Waals surface area contributed by atoms with Crippen molar-refractivity contribution in [2.45, 2.75) is 32.6 Å². The summed E-state index contributed by atoms with van der Waals surface area (Å²) in [6.45, 7) is 2.53. The molecule has 0 saturated carbocycles. The monoisotopic (exact) mass is 351 g/mol. The number of rotatable bonds is 8. The molecule has 0 amide bonds. The number of benzene rings is 2. The minimum absolute atomic E-state index is 0.328. The van der Waals surface area contributed by atoms with E-state index in [9.17, 15) is 9.59 Å². The number of unbranched alkanes of at least 4 members (excludes halogenated alkanes) is 3. The number of ether oxygens (including phenoxy) is 2. The lowest BCUT2D eigenvalue weighted by Crippen LogP contribution is -2.10. The van der Waals surface area contributed by atoms with Crippen molar-refractivity contribution in [1.29, 1.82) is 5.26 Å². The Hall–Kier alpha value is -3.13. The van der Waals surface area contributed by atoms with Crippen molar-refractivity contribution in [1.82, 2.24) is 0 Å². The van der Waals surface area contributed by atoms with Crippen molar-refractivity contribution in [3.8, 4) is 11.8 Å². The number of esters is 2. The fourth-order valence-corrected chi connectivity index (χ4v) is 2.28. The number of hydrogen-bond donors (Lipinski definition) is 0. The van der Waals surface area contributed by atoms with E-state index in [-0.39, 0.29) is 0 Å². The van der Waals surface area contributed by atoms with Gasteiger partial charge >= 0.3 is 11.9 Å². The van der Waals surface area contributed by atoms with Gasteiger partial charge in [0.05, 0.1) is 29.4 Å². The van der Waals surface area contributed by atoms with Crippen LogP contribution in [0.3, 0.4) is 0 Å². The van der Waals surface area contributed by atoms with E-state index >= 15 is 0 Å². The lowest BCUT2D eigenvalue weighted by atomic mass is 10.1. The first-order valence-corrected chi connectivity index (χ1v) is 8.63. The van der Waals surface area contributed by atoms with Crippen molar-refractivity contribution in [2.24, 2.45) is 0 Å². The number of hydrogen-bond acceptors (Lipinski definition) is 5. The van der Waals surface area contributed by atoms with Gasteiger partial charge in [-0.25, -0.2) is 9.59 Å². The van der Waals surface area contributed by atoms with Crippen LogP contribution in [0.2, 0.25) is 0 Å². The van der Waals surface area contributed by atoms with E-state index in [2.05, 4.69) is 6.92 Å². The Bertz CT molecular complexity index is 773. The first-order valence-electron chi connectivity index (χ1n) is 8.63. The average molecular weight is 351 g/mol. The number of carbonyl (C=O) groups is 2. The number of nitriles is 1. The molecule has 0 N–H and O–H groups in total. The lowest BCUT2D eigenvalue weighted by molar-refractivity contribution is 0.0497. The predicted molar refractivity (Wildman–Crippen MR) is 97.0 cm³/mol. The van der Waals surface area contributed by atoms with Crippen LogP contribution in [0.4, 0.5) is 0 Å². The second-order valence-electron chi connectivity index (χ2n) is 5.80. The molecule has 134 valence electrons. The highest BCUT2D eigenvalue weighted by Gasteiger charge is 2.11. The van der Waals surface area contributed by atoms with Crippen LogP contribution in [0.15, 0.2) is 48.5 Å². The van der Waals surface area contributed by atoms with Crippen LogP contribution in [0, 0.1) is 11.3 Å². The Morgan fingerprint density at radius 1 is 0.885 bits per heavy atom. The average Bonchev–Trinajstić information content (AvgIpc) is 2.68. The van der Waals surface area contributed by atoms with E-state index in [1.54, 1.807) is 36.4 Å². The second-order valence-corrected chi connectivity index (χ2v) is 5.80. The van der Waals surface area contributed by atoms with E-state index in [1.807, 2.05) is 6.07 Å². The van der Waals surface area contributed by atoms with Crippen LogP contribution in [0.5, 0.6) is 5.75 Å². The molecule has 26 heavy (non-hydrogen) atoms. The molecule has 0 bridgehead atoms. The van der Waals surface area contributed by atoms with Crippen LogP contribution in [0.1, 0.15) is 58.9 Å². The highest BCUT2D eigenvalue weighted by atomic mass is 16.5. The molecule has 5 nitrogen and oxygen atoms in total. The van der Waals surface area contributed by atoms with E-state index < -0.39 is 11.9 Å². The van der Waals surface area contributed by atoms with Gasteiger partial charge in [0.15, 0.2) is 0 Å². The summed E-state index contributed by atoms with van der Waals surface area (Å²) < 4.78 is 10.4. The summed E-state index contributed by atoms with van der Waals surface area (Å²) >= 11 is 0. The molecule has 0 aliphatic carbocycles. The maximum absolute atomic E-state index is 12.1. The van der Waals surface area contributed by atoms with Crippen LogP contribution >= 0.6 is 0 Å². The van der Waals surface area contributed by atoms with Gasteiger partial charge in [0, 0.05) is 0 Å². The van der Waals surface area contributed by atoms with Gasteiger partial charge in [-0.1, -0.05) is 26.2 Å². The summed E-state index contributed by atoms with van der Waals surface area (Å²) in [4.78, 5) is 24.1. The van der Waals surface area contributed by atoms with Gasteiger partial charge in [-0.15, -0.1) is 0 Å². The molecule has 0 heterocycles. The molecule has 0 saturated heterocycles. The molecule has 0 spiro atoms. The van der Waals surface area contributed by atoms with Crippen LogP contribution < -0.4 is 4.74 Å². The minimum Gasteiger partial charge on any atom is -0.462 e. The Morgan fingerprint density at radius 3 is 2.08 bits per heavy atom. The molecule has 0 aromatic heterocycles. The molecular formula is C21H21NO4. The third kappa shape index (κ3) is 5.75. The lowest BCUT2D eigenvalue weighted by Gasteiger charge is -2.06. The molecule has 2 aromatic carbocycles. The fraction of sp³-hybridized carbons (Fsp3) is 0.286. The van der Waals surface area contributed by atoms with Gasteiger partial charge in [-0.05, 0) is 55.0 Å². The zero-order valence-corrected chi connectivity index (χ0v) is 14.7. The van der Waals surface area contributed by atoms with Crippen molar-refractivity contribution >= 4 is 11.9 Å². The van der Waals surface area contributed by atoms with Crippen molar-refractivity contribution in [3.63, 3.8) is 0 Å². The first kappa shape index (κ1) is 19.2. The molecule has 0 unspecified atom stereocenters.